The largest absolute Gasteiger partial charge is 0.514 e. The highest BCUT2D eigenvalue weighted by atomic mass is 16.7. The van der Waals surface area contributed by atoms with Gasteiger partial charge in [-0.15, -0.1) is 0 Å². The fourth-order valence-electron chi connectivity index (χ4n) is 3.13. The fraction of sp³-hybridized carbons (Fsp3) is 0.355. The summed E-state index contributed by atoms with van der Waals surface area (Å²) in [6.45, 7) is 10.3. The first-order valence-corrected chi connectivity index (χ1v) is 12.7. The minimum Gasteiger partial charge on any atom is -0.493 e. The zero-order valence-electron chi connectivity index (χ0n) is 24.6. The molecule has 0 fully saturated rings. The molecule has 0 aliphatic rings. The van der Waals surface area contributed by atoms with Crippen molar-refractivity contribution in [2.75, 3.05) is 14.2 Å². The number of hydrogen-bond donors (Lipinski definition) is 0. The Bertz CT molecular complexity index is 1220. The average molecular weight is 569 g/mol. The van der Waals surface area contributed by atoms with Crippen LogP contribution in [-0.2, 0) is 19.1 Å². The number of carbonyl (C=O) groups excluding carboxylic acids is 4. The standard InChI is InChI=1S/C31H36O10/c1-30(2,3)40-28(34)38-24-15-11-20(17-26(24)36-7)9-13-22(32)19-23(33)14-10-21-12-16-25(27(18-21)37-8)39-29(35)41-31(4,5)6/h9-18H,19H2,1-8H3/b13-9+,14-10+. The molecule has 0 atom stereocenters. The van der Waals surface area contributed by atoms with E-state index in [1.54, 1.807) is 65.8 Å². The molecule has 0 aliphatic heterocycles. The van der Waals surface area contributed by atoms with E-state index in [0.717, 1.165) is 0 Å². The molecule has 10 nitrogen and oxygen atoms in total. The van der Waals surface area contributed by atoms with E-state index in [1.807, 2.05) is 0 Å². The van der Waals surface area contributed by atoms with Gasteiger partial charge in [0, 0.05) is 0 Å². The lowest BCUT2D eigenvalue weighted by Gasteiger charge is -2.19. The van der Waals surface area contributed by atoms with E-state index in [-0.39, 0.29) is 29.4 Å². The molecule has 0 spiro atoms. The highest BCUT2D eigenvalue weighted by Crippen LogP contribution is 2.30. The molecule has 2 rings (SSSR count). The Morgan fingerprint density at radius 3 is 1.29 bits per heavy atom. The maximum atomic E-state index is 12.3. The van der Waals surface area contributed by atoms with Gasteiger partial charge in [0.2, 0.25) is 0 Å². The quantitative estimate of drug-likeness (QED) is 0.134. The van der Waals surface area contributed by atoms with E-state index in [1.165, 1.54) is 50.7 Å². The lowest BCUT2D eigenvalue weighted by atomic mass is 10.1. The van der Waals surface area contributed by atoms with Crippen molar-refractivity contribution in [1.82, 2.24) is 0 Å². The molecule has 2 aromatic rings. The summed E-state index contributed by atoms with van der Waals surface area (Å²) in [5.74, 6) is 0.0285. The number of ketones is 2. The van der Waals surface area contributed by atoms with Crippen molar-refractivity contribution >= 4 is 36.0 Å². The number of allylic oxidation sites excluding steroid dienone is 2. The van der Waals surface area contributed by atoms with Crippen LogP contribution in [0.5, 0.6) is 23.0 Å². The second-order valence-corrected chi connectivity index (χ2v) is 10.7. The van der Waals surface area contributed by atoms with Crippen molar-refractivity contribution in [3.8, 4) is 23.0 Å². The van der Waals surface area contributed by atoms with E-state index >= 15 is 0 Å². The number of benzene rings is 2. The van der Waals surface area contributed by atoms with Crippen molar-refractivity contribution in [3.63, 3.8) is 0 Å². The third-order valence-electron chi connectivity index (χ3n) is 4.81. The topological polar surface area (TPSA) is 124 Å². The van der Waals surface area contributed by atoms with Gasteiger partial charge in [0.25, 0.3) is 0 Å². The molecule has 0 bridgehead atoms. The van der Waals surface area contributed by atoms with Gasteiger partial charge < -0.3 is 28.4 Å². The number of ether oxygens (including phenoxy) is 6. The van der Waals surface area contributed by atoms with Gasteiger partial charge in [-0.3, -0.25) is 9.59 Å². The summed E-state index contributed by atoms with van der Waals surface area (Å²) in [4.78, 5) is 48.6. The lowest BCUT2D eigenvalue weighted by Crippen LogP contribution is -2.26. The first-order valence-electron chi connectivity index (χ1n) is 12.7. The highest BCUT2D eigenvalue weighted by molar-refractivity contribution is 6.10. The summed E-state index contributed by atoms with van der Waals surface area (Å²) >= 11 is 0. The molecule has 0 saturated heterocycles. The van der Waals surface area contributed by atoms with Gasteiger partial charge in [-0.1, -0.05) is 24.3 Å². The molecule has 0 saturated carbocycles. The molecular formula is C31H36O10. The molecule has 41 heavy (non-hydrogen) atoms. The maximum absolute atomic E-state index is 12.3. The molecule has 0 amide bonds. The normalized spacial score (nSPS) is 11.7. The zero-order valence-corrected chi connectivity index (χ0v) is 24.6. The van der Waals surface area contributed by atoms with Crippen molar-refractivity contribution in [2.24, 2.45) is 0 Å². The Balaban J connectivity index is 1.99. The fourth-order valence-corrected chi connectivity index (χ4v) is 3.13. The third-order valence-corrected chi connectivity index (χ3v) is 4.81. The number of hydrogen-bond acceptors (Lipinski definition) is 10. The monoisotopic (exact) mass is 568 g/mol. The van der Waals surface area contributed by atoms with Crippen LogP contribution < -0.4 is 18.9 Å². The Morgan fingerprint density at radius 1 is 0.610 bits per heavy atom. The van der Waals surface area contributed by atoms with Crippen molar-refractivity contribution in [2.45, 2.75) is 59.2 Å². The first kappa shape index (κ1) is 32.6. The van der Waals surface area contributed by atoms with Crippen molar-refractivity contribution in [1.29, 1.82) is 0 Å². The van der Waals surface area contributed by atoms with Crippen LogP contribution in [0.3, 0.4) is 0 Å². The predicted molar refractivity (Wildman–Crippen MR) is 152 cm³/mol. The number of carbonyl (C=O) groups is 4. The van der Waals surface area contributed by atoms with Gasteiger partial charge in [0.15, 0.2) is 34.6 Å². The molecule has 0 unspecified atom stereocenters. The van der Waals surface area contributed by atoms with E-state index in [0.29, 0.717) is 11.1 Å². The third kappa shape index (κ3) is 12.0. The van der Waals surface area contributed by atoms with Crippen LogP contribution in [0.4, 0.5) is 9.59 Å². The Hall–Kier alpha value is -4.60. The van der Waals surface area contributed by atoms with Gasteiger partial charge in [0.05, 0.1) is 20.6 Å². The van der Waals surface area contributed by atoms with E-state index in [2.05, 4.69) is 0 Å². The van der Waals surface area contributed by atoms with Crippen LogP contribution in [-0.4, -0.2) is 49.3 Å². The summed E-state index contributed by atoms with van der Waals surface area (Å²) in [5, 5.41) is 0. The van der Waals surface area contributed by atoms with Crippen LogP contribution in [0.15, 0.2) is 48.6 Å². The molecular weight excluding hydrogens is 532 g/mol. The minimum atomic E-state index is -0.871. The second-order valence-electron chi connectivity index (χ2n) is 10.7. The average Bonchev–Trinajstić information content (AvgIpc) is 2.85. The smallest absolute Gasteiger partial charge is 0.493 e. The number of methoxy groups -OCH3 is 2. The highest BCUT2D eigenvalue weighted by Gasteiger charge is 2.21. The second kappa shape index (κ2) is 14.2. The van der Waals surface area contributed by atoms with Crippen LogP contribution in [0.1, 0.15) is 59.1 Å². The van der Waals surface area contributed by atoms with Crippen molar-refractivity contribution < 1.29 is 47.6 Å². The van der Waals surface area contributed by atoms with Crippen molar-refractivity contribution in [3.05, 3.63) is 59.7 Å². The van der Waals surface area contributed by atoms with Gasteiger partial charge in [-0.05, 0) is 89.1 Å². The summed E-state index contributed by atoms with van der Waals surface area (Å²) < 4.78 is 31.2. The van der Waals surface area contributed by atoms with Gasteiger partial charge in [0.1, 0.15) is 11.2 Å². The SMILES string of the molecule is COc1cc(/C=C/C(=O)CC(=O)/C=C/c2ccc(OC(=O)OC(C)(C)C)c(OC)c2)ccc1OC(=O)OC(C)(C)C. The summed E-state index contributed by atoms with van der Waals surface area (Å²) in [7, 11) is 2.83. The van der Waals surface area contributed by atoms with Gasteiger partial charge in [-0.25, -0.2) is 9.59 Å². The Morgan fingerprint density at radius 2 is 0.976 bits per heavy atom. The maximum Gasteiger partial charge on any atom is 0.514 e. The first-order chi connectivity index (χ1) is 19.1. The Labute approximate surface area is 239 Å². The molecule has 0 aromatic heterocycles. The Kier molecular flexibility index (Phi) is 11.3. The molecule has 10 heteroatoms. The van der Waals surface area contributed by atoms with Crippen LogP contribution in [0, 0.1) is 0 Å². The van der Waals surface area contributed by atoms with Crippen LogP contribution >= 0.6 is 0 Å². The molecule has 2 aromatic carbocycles. The van der Waals surface area contributed by atoms with E-state index in [9.17, 15) is 19.2 Å². The number of rotatable bonds is 10. The summed E-state index contributed by atoms with van der Waals surface area (Å²) in [6.07, 6.45) is 3.51. The molecule has 0 radical (unpaired) electrons. The van der Waals surface area contributed by atoms with Gasteiger partial charge >= 0.3 is 12.3 Å². The molecule has 0 N–H and O–H groups in total. The molecule has 220 valence electrons. The zero-order chi connectivity index (χ0) is 30.8. The van der Waals surface area contributed by atoms with Gasteiger partial charge in [-0.2, -0.15) is 0 Å². The van der Waals surface area contributed by atoms with E-state index < -0.39 is 35.1 Å². The predicted octanol–water partition coefficient (Wildman–Crippen LogP) is 6.59. The molecule has 0 heterocycles. The lowest BCUT2D eigenvalue weighted by molar-refractivity contribution is -0.121. The summed E-state index contributed by atoms with van der Waals surface area (Å²) in [6, 6.07) is 9.43. The van der Waals surface area contributed by atoms with Crippen LogP contribution in [0.25, 0.3) is 12.2 Å². The summed E-state index contributed by atoms with van der Waals surface area (Å²) in [5.41, 5.74) is -0.239. The van der Waals surface area contributed by atoms with E-state index in [4.69, 9.17) is 28.4 Å². The molecule has 0 aliphatic carbocycles. The minimum absolute atomic E-state index is 0.159. The van der Waals surface area contributed by atoms with Crippen LogP contribution in [0.2, 0.25) is 0 Å².